The van der Waals surface area contributed by atoms with Crippen molar-refractivity contribution in [3.05, 3.63) is 94.3 Å². The number of aromatic nitrogens is 2. The molecule has 7 heteroatoms. The molecule has 0 radical (unpaired) electrons. The molecule has 1 heterocycles. The fourth-order valence-electron chi connectivity index (χ4n) is 3.24. The Bertz CT molecular complexity index is 1280. The van der Waals surface area contributed by atoms with E-state index < -0.39 is 0 Å². The summed E-state index contributed by atoms with van der Waals surface area (Å²) in [6.07, 6.45) is 1.54. The Balaban J connectivity index is 1.56. The van der Waals surface area contributed by atoms with E-state index >= 15 is 0 Å². The van der Waals surface area contributed by atoms with E-state index in [0.29, 0.717) is 40.8 Å². The summed E-state index contributed by atoms with van der Waals surface area (Å²) in [7, 11) is 3.14. The number of ether oxygens (including phenoxy) is 3. The van der Waals surface area contributed by atoms with Crippen LogP contribution in [0.4, 0.5) is 5.69 Å². The van der Waals surface area contributed by atoms with Crippen molar-refractivity contribution in [2.24, 2.45) is 4.99 Å². The molecule has 32 heavy (non-hydrogen) atoms. The number of H-pyrrole nitrogens is 2. The van der Waals surface area contributed by atoms with Gasteiger partial charge in [0.2, 0.25) is 0 Å². The van der Waals surface area contributed by atoms with Crippen LogP contribution >= 0.6 is 0 Å². The topological polar surface area (TPSA) is 88.7 Å². The van der Waals surface area contributed by atoms with Gasteiger partial charge < -0.3 is 14.2 Å². The van der Waals surface area contributed by atoms with Crippen LogP contribution in [0.15, 0.2) is 82.6 Å². The van der Waals surface area contributed by atoms with E-state index in [-0.39, 0.29) is 5.56 Å². The van der Waals surface area contributed by atoms with Crippen molar-refractivity contribution in [1.82, 2.24) is 10.2 Å². The van der Waals surface area contributed by atoms with Gasteiger partial charge in [-0.1, -0.05) is 36.4 Å². The van der Waals surface area contributed by atoms with Crippen LogP contribution in [-0.4, -0.2) is 30.6 Å². The minimum absolute atomic E-state index is 0.269. The average Bonchev–Trinajstić information content (AvgIpc) is 3.22. The lowest BCUT2D eigenvalue weighted by Crippen LogP contribution is -2.05. The van der Waals surface area contributed by atoms with Gasteiger partial charge in [0.05, 0.1) is 31.2 Å². The number of methoxy groups -OCH3 is 2. The molecule has 0 amide bonds. The smallest absolute Gasteiger partial charge is 0.273 e. The van der Waals surface area contributed by atoms with E-state index in [4.69, 9.17) is 14.2 Å². The first kappa shape index (κ1) is 21.0. The lowest BCUT2D eigenvalue weighted by atomic mass is 10.1. The molecule has 0 saturated carbocycles. The molecule has 4 rings (SSSR count). The first-order valence-electron chi connectivity index (χ1n) is 10.0. The Morgan fingerprint density at radius 3 is 2.47 bits per heavy atom. The predicted molar refractivity (Wildman–Crippen MR) is 124 cm³/mol. The third-order valence-electron chi connectivity index (χ3n) is 4.90. The molecule has 0 fully saturated rings. The molecule has 162 valence electrons. The van der Waals surface area contributed by atoms with E-state index in [2.05, 4.69) is 15.2 Å². The van der Waals surface area contributed by atoms with Gasteiger partial charge in [0.15, 0.2) is 11.5 Å². The number of aliphatic imine (C=N–C) groups is 1. The maximum atomic E-state index is 12.4. The monoisotopic (exact) mass is 429 g/mol. The summed E-state index contributed by atoms with van der Waals surface area (Å²) in [5.74, 6) is 1.88. The molecule has 0 spiro atoms. The van der Waals surface area contributed by atoms with Crippen molar-refractivity contribution in [3.8, 4) is 28.5 Å². The van der Waals surface area contributed by atoms with E-state index in [1.807, 2.05) is 60.7 Å². The van der Waals surface area contributed by atoms with Gasteiger partial charge >= 0.3 is 0 Å². The molecule has 0 saturated heterocycles. The van der Waals surface area contributed by atoms with Crippen molar-refractivity contribution >= 4 is 11.9 Å². The molecule has 7 nitrogen and oxygen atoms in total. The third kappa shape index (κ3) is 4.73. The number of aromatic amines is 2. The summed E-state index contributed by atoms with van der Waals surface area (Å²) in [5.41, 5.74) is 3.27. The molecule has 2 N–H and O–H groups in total. The fraction of sp³-hybridized carbons (Fsp3) is 0.120. The zero-order valence-corrected chi connectivity index (χ0v) is 17.8. The third-order valence-corrected chi connectivity index (χ3v) is 4.90. The summed E-state index contributed by atoms with van der Waals surface area (Å²) in [6.45, 7) is 0.467. The Labute approximate surface area is 185 Å². The Morgan fingerprint density at radius 2 is 1.69 bits per heavy atom. The zero-order valence-electron chi connectivity index (χ0n) is 17.8. The van der Waals surface area contributed by atoms with Crippen LogP contribution in [-0.2, 0) is 6.61 Å². The molecule has 4 aromatic rings. The van der Waals surface area contributed by atoms with Crippen molar-refractivity contribution in [2.75, 3.05) is 14.2 Å². The van der Waals surface area contributed by atoms with Crippen molar-refractivity contribution in [2.45, 2.75) is 6.61 Å². The molecule has 0 aliphatic carbocycles. The highest BCUT2D eigenvalue weighted by molar-refractivity contribution is 5.90. The molecule has 0 bridgehead atoms. The van der Waals surface area contributed by atoms with E-state index in [0.717, 1.165) is 11.1 Å². The highest BCUT2D eigenvalue weighted by Gasteiger charge is 2.13. The molecule has 0 unspecified atom stereocenters. The fourth-order valence-corrected chi connectivity index (χ4v) is 3.24. The van der Waals surface area contributed by atoms with Crippen LogP contribution in [0.2, 0.25) is 0 Å². The number of hydrogen-bond donors (Lipinski definition) is 2. The normalized spacial score (nSPS) is 10.9. The number of nitrogens with one attached hydrogen (secondary N) is 2. The van der Waals surface area contributed by atoms with Gasteiger partial charge in [-0.05, 0) is 35.9 Å². The quantitative estimate of drug-likeness (QED) is 0.397. The van der Waals surface area contributed by atoms with Gasteiger partial charge in [-0.3, -0.25) is 20.0 Å². The Hall–Kier alpha value is -4.26. The maximum absolute atomic E-state index is 12.4. The predicted octanol–water partition coefficient (Wildman–Crippen LogP) is 4.72. The van der Waals surface area contributed by atoms with Crippen molar-refractivity contribution in [1.29, 1.82) is 0 Å². The summed E-state index contributed by atoms with van der Waals surface area (Å²) in [4.78, 5) is 16.9. The number of nitrogens with zero attached hydrogens (tertiary/aromatic N) is 1. The van der Waals surface area contributed by atoms with Crippen molar-refractivity contribution in [3.63, 3.8) is 0 Å². The van der Waals surface area contributed by atoms with Crippen LogP contribution in [0.25, 0.3) is 11.3 Å². The first-order valence-corrected chi connectivity index (χ1v) is 10.0. The summed E-state index contributed by atoms with van der Waals surface area (Å²) in [5, 5.41) is 5.53. The minimum Gasteiger partial charge on any atom is -0.493 e. The molecule has 0 aliphatic rings. The van der Waals surface area contributed by atoms with Crippen LogP contribution in [0.5, 0.6) is 17.2 Å². The van der Waals surface area contributed by atoms with Gasteiger partial charge in [0.1, 0.15) is 12.4 Å². The zero-order chi connectivity index (χ0) is 22.3. The lowest BCUT2D eigenvalue weighted by Gasteiger charge is -2.09. The largest absolute Gasteiger partial charge is 0.493 e. The van der Waals surface area contributed by atoms with Gasteiger partial charge in [0.25, 0.3) is 5.56 Å². The second-order valence-electron chi connectivity index (χ2n) is 6.97. The SMILES string of the molecule is COc1ccc(-c2[nH][nH]c(=O)c2C=Nc2cccc(OCc3ccccc3)c2)cc1OC. The minimum atomic E-state index is -0.269. The highest BCUT2D eigenvalue weighted by Crippen LogP contribution is 2.32. The van der Waals surface area contributed by atoms with Crippen LogP contribution in [0, 0.1) is 0 Å². The standard InChI is InChI=1S/C25H23N3O4/c1-30-22-12-11-18(13-23(22)31-2)24-21(25(29)28-27-24)15-26-19-9-6-10-20(14-19)32-16-17-7-4-3-5-8-17/h3-15H,16H2,1-2H3,(H2,27,28,29). The first-order chi connectivity index (χ1) is 15.7. The second kappa shape index (κ2) is 9.70. The van der Waals surface area contributed by atoms with Gasteiger partial charge in [-0.25, -0.2) is 0 Å². The molecular formula is C25H23N3O4. The molecular weight excluding hydrogens is 406 g/mol. The number of rotatable bonds is 8. The second-order valence-corrected chi connectivity index (χ2v) is 6.97. The molecule has 3 aromatic carbocycles. The molecule has 1 aromatic heterocycles. The van der Waals surface area contributed by atoms with Gasteiger partial charge in [-0.15, -0.1) is 0 Å². The average molecular weight is 429 g/mol. The maximum Gasteiger partial charge on any atom is 0.273 e. The van der Waals surface area contributed by atoms with Crippen molar-refractivity contribution < 1.29 is 14.2 Å². The van der Waals surface area contributed by atoms with E-state index in [9.17, 15) is 4.79 Å². The van der Waals surface area contributed by atoms with Crippen LogP contribution in [0.1, 0.15) is 11.1 Å². The van der Waals surface area contributed by atoms with Gasteiger partial charge in [-0.2, -0.15) is 0 Å². The summed E-state index contributed by atoms with van der Waals surface area (Å²) < 4.78 is 16.5. The molecule has 0 atom stereocenters. The highest BCUT2D eigenvalue weighted by atomic mass is 16.5. The summed E-state index contributed by atoms with van der Waals surface area (Å²) >= 11 is 0. The number of benzene rings is 3. The van der Waals surface area contributed by atoms with Crippen LogP contribution < -0.4 is 19.8 Å². The van der Waals surface area contributed by atoms with E-state index in [1.54, 1.807) is 26.4 Å². The lowest BCUT2D eigenvalue weighted by molar-refractivity contribution is 0.306. The Kier molecular flexibility index (Phi) is 6.36. The van der Waals surface area contributed by atoms with E-state index in [1.165, 1.54) is 6.21 Å². The molecule has 0 aliphatic heterocycles. The summed E-state index contributed by atoms with van der Waals surface area (Å²) in [6, 6.07) is 22.8. The Morgan fingerprint density at radius 1 is 0.875 bits per heavy atom. The van der Waals surface area contributed by atoms with Gasteiger partial charge in [0, 0.05) is 17.8 Å². The number of hydrogen-bond acceptors (Lipinski definition) is 5. The van der Waals surface area contributed by atoms with Crippen LogP contribution in [0.3, 0.4) is 0 Å².